The molecule has 41 heavy (non-hydrogen) atoms. The highest BCUT2D eigenvalue weighted by atomic mass is 35.5. The topological polar surface area (TPSA) is 103 Å². The number of hydrogen-bond donors (Lipinski definition) is 2. The number of β-amino-alcohol motifs (C(OH)–C–C–N with tert-alkyl or cyclic N) is 1. The summed E-state index contributed by atoms with van der Waals surface area (Å²) in [7, 11) is 0. The molecule has 2 N–H and O–H groups in total. The zero-order valence-corrected chi connectivity index (χ0v) is 24.5. The number of rotatable bonds is 7. The third-order valence-corrected chi connectivity index (χ3v) is 8.21. The van der Waals surface area contributed by atoms with Crippen molar-refractivity contribution in [2.75, 3.05) is 44.6 Å². The molecule has 0 saturated carbocycles. The summed E-state index contributed by atoms with van der Waals surface area (Å²) in [5, 5.41) is 21.1. The lowest BCUT2D eigenvalue weighted by Crippen LogP contribution is -2.49. The van der Waals surface area contributed by atoms with Gasteiger partial charge in [0.1, 0.15) is 0 Å². The van der Waals surface area contributed by atoms with Gasteiger partial charge in [-0.1, -0.05) is 35.9 Å². The number of aliphatic hydroxyl groups excluding tert-OH is 1. The van der Waals surface area contributed by atoms with Gasteiger partial charge in [0.05, 0.1) is 18.3 Å². The van der Waals surface area contributed by atoms with Crippen LogP contribution in [0.5, 0.6) is 0 Å². The van der Waals surface area contributed by atoms with E-state index in [0.29, 0.717) is 63.8 Å². The second-order valence-corrected chi connectivity index (χ2v) is 11.2. The Labute approximate surface area is 245 Å². The van der Waals surface area contributed by atoms with Crippen molar-refractivity contribution in [2.45, 2.75) is 46.4 Å². The molecule has 2 aliphatic heterocycles. The summed E-state index contributed by atoms with van der Waals surface area (Å²) in [6.07, 6.45) is -0.463. The summed E-state index contributed by atoms with van der Waals surface area (Å²) in [6, 6.07) is 13.4. The number of hydrogen-bond acceptors (Lipinski definition) is 7. The van der Waals surface area contributed by atoms with E-state index in [9.17, 15) is 14.7 Å². The van der Waals surface area contributed by atoms with E-state index in [4.69, 9.17) is 21.5 Å². The molecule has 0 spiro atoms. The van der Waals surface area contributed by atoms with E-state index >= 15 is 0 Å². The number of nitrogens with one attached hydrogen (secondary N) is 1. The Hall–Kier alpha value is -3.44. The van der Waals surface area contributed by atoms with E-state index in [1.165, 1.54) is 0 Å². The molecule has 1 saturated heterocycles. The summed E-state index contributed by atoms with van der Waals surface area (Å²) in [6.45, 7) is 9.85. The fourth-order valence-corrected chi connectivity index (χ4v) is 5.57. The van der Waals surface area contributed by atoms with Gasteiger partial charge in [0.25, 0.3) is 0 Å². The third-order valence-electron chi connectivity index (χ3n) is 7.79. The molecule has 3 aromatic rings. The molecule has 2 aliphatic rings. The van der Waals surface area contributed by atoms with E-state index in [1.807, 2.05) is 65.9 Å². The number of fused-ring (bicyclic) bond motifs is 1. The molecular weight excluding hydrogens is 544 g/mol. The number of aromatic nitrogens is 2. The van der Waals surface area contributed by atoms with Gasteiger partial charge >= 0.3 is 6.09 Å². The first-order chi connectivity index (χ1) is 19.7. The van der Waals surface area contributed by atoms with Gasteiger partial charge in [-0.2, -0.15) is 5.10 Å². The van der Waals surface area contributed by atoms with Gasteiger partial charge in [0, 0.05) is 86.7 Å². The molecule has 1 aromatic heterocycles. The van der Waals surface area contributed by atoms with E-state index in [2.05, 4.69) is 10.2 Å². The monoisotopic (exact) mass is 580 g/mol. The van der Waals surface area contributed by atoms with Crippen molar-refractivity contribution in [3.05, 3.63) is 69.9 Å². The van der Waals surface area contributed by atoms with Gasteiger partial charge in [-0.25, -0.2) is 4.79 Å². The van der Waals surface area contributed by atoms with Crippen molar-refractivity contribution in [1.82, 2.24) is 24.6 Å². The van der Waals surface area contributed by atoms with Crippen molar-refractivity contribution in [2.24, 2.45) is 0 Å². The van der Waals surface area contributed by atoms with Crippen LogP contribution in [0.25, 0.3) is 11.3 Å². The summed E-state index contributed by atoms with van der Waals surface area (Å²) in [5.41, 5.74) is 6.51. The molecule has 10 nitrogen and oxygen atoms in total. The molecular formula is C30H37ClN6O4. The number of carbonyl (C=O) groups is 2. The van der Waals surface area contributed by atoms with Crippen LogP contribution in [-0.2, 0) is 29.1 Å². The number of piperazine rings is 1. The quantitative estimate of drug-likeness (QED) is 0.437. The summed E-state index contributed by atoms with van der Waals surface area (Å²) < 4.78 is 1.91. The number of benzene rings is 2. The maximum absolute atomic E-state index is 12.3. The Bertz CT molecular complexity index is 1420. The predicted octanol–water partition coefficient (Wildman–Crippen LogP) is 3.87. The second-order valence-electron chi connectivity index (χ2n) is 10.8. The average molecular weight is 581 g/mol. The van der Waals surface area contributed by atoms with Crippen molar-refractivity contribution < 1.29 is 19.5 Å². The minimum Gasteiger partial charge on any atom is -0.390 e. The molecule has 0 bridgehead atoms. The highest BCUT2D eigenvalue weighted by Gasteiger charge is 2.28. The zero-order valence-electron chi connectivity index (χ0n) is 23.8. The number of anilines is 1. The fraction of sp³-hybridized carbons (Fsp3) is 0.433. The standard InChI is InChI=1S/C30H37ClN6O4/c1-20-6-4-5-7-27(20)32-30(40)41-36-14-12-34(13-15-36)17-24(39)18-37-28-10-11-35(22(3)38)19-25(28)29(33-37)23-8-9-26(31)21(2)16-23/h4-9,16,24,39H,10-15,17-19H2,1-3H3,(H,32,40). The van der Waals surface area contributed by atoms with Gasteiger partial charge in [-0.05, 0) is 43.2 Å². The molecule has 2 aromatic carbocycles. The van der Waals surface area contributed by atoms with Crippen molar-refractivity contribution in [3.63, 3.8) is 0 Å². The first-order valence-corrected chi connectivity index (χ1v) is 14.4. The van der Waals surface area contributed by atoms with Gasteiger partial charge in [0.15, 0.2) is 0 Å². The highest BCUT2D eigenvalue weighted by molar-refractivity contribution is 6.31. The number of amides is 2. The van der Waals surface area contributed by atoms with Crippen LogP contribution >= 0.6 is 11.6 Å². The molecule has 0 aliphatic carbocycles. The number of hydroxylamine groups is 2. The maximum atomic E-state index is 12.3. The van der Waals surface area contributed by atoms with Crippen molar-refractivity contribution >= 4 is 29.3 Å². The SMILES string of the molecule is CC(=O)N1CCc2c(c(-c3ccc(Cl)c(C)c3)nn2CC(O)CN2CCN(OC(=O)Nc3ccccc3C)CC2)C1. The number of halogens is 1. The Morgan fingerprint density at radius 1 is 1.05 bits per heavy atom. The highest BCUT2D eigenvalue weighted by Crippen LogP contribution is 2.32. The number of nitrogens with zero attached hydrogens (tertiary/aromatic N) is 5. The third kappa shape index (κ3) is 6.90. The van der Waals surface area contributed by atoms with Crippen LogP contribution in [0.4, 0.5) is 10.5 Å². The molecule has 218 valence electrons. The van der Waals surface area contributed by atoms with Crippen LogP contribution < -0.4 is 5.32 Å². The van der Waals surface area contributed by atoms with E-state index in [-0.39, 0.29) is 5.91 Å². The van der Waals surface area contributed by atoms with Crippen LogP contribution in [0.2, 0.25) is 5.02 Å². The van der Waals surface area contributed by atoms with Gasteiger partial charge in [-0.15, -0.1) is 5.06 Å². The normalized spacial score (nSPS) is 16.8. The lowest BCUT2D eigenvalue weighted by Gasteiger charge is -2.34. The molecule has 2 amide bonds. The average Bonchev–Trinajstić information content (AvgIpc) is 3.30. The van der Waals surface area contributed by atoms with E-state index in [0.717, 1.165) is 39.3 Å². The molecule has 5 rings (SSSR count). The van der Waals surface area contributed by atoms with Crippen LogP contribution in [-0.4, -0.2) is 87.1 Å². The van der Waals surface area contributed by atoms with Crippen LogP contribution in [0, 0.1) is 13.8 Å². The summed E-state index contributed by atoms with van der Waals surface area (Å²) in [5.74, 6) is 0.0393. The Balaban J connectivity index is 1.19. The number of para-hydroxylation sites is 1. The van der Waals surface area contributed by atoms with Crippen LogP contribution in [0.15, 0.2) is 42.5 Å². The second kappa shape index (κ2) is 12.6. The first kappa shape index (κ1) is 29.1. The smallest absolute Gasteiger partial charge is 0.390 e. The zero-order chi connectivity index (χ0) is 29.1. The largest absolute Gasteiger partial charge is 0.430 e. The Morgan fingerprint density at radius 2 is 1.80 bits per heavy atom. The number of aryl methyl sites for hydroxylation is 2. The molecule has 3 heterocycles. The van der Waals surface area contributed by atoms with Gasteiger partial charge < -0.3 is 14.8 Å². The molecule has 1 fully saturated rings. The molecule has 0 radical (unpaired) electrons. The van der Waals surface area contributed by atoms with Crippen molar-refractivity contribution in [1.29, 1.82) is 0 Å². The molecule has 11 heteroatoms. The lowest BCUT2D eigenvalue weighted by molar-refractivity contribution is -0.129. The van der Waals surface area contributed by atoms with E-state index in [1.54, 1.807) is 12.0 Å². The minimum absolute atomic E-state index is 0.0393. The van der Waals surface area contributed by atoms with E-state index < -0.39 is 12.2 Å². The summed E-state index contributed by atoms with van der Waals surface area (Å²) >= 11 is 6.27. The van der Waals surface area contributed by atoms with Crippen LogP contribution in [0.1, 0.15) is 29.3 Å². The fourth-order valence-electron chi connectivity index (χ4n) is 5.46. The lowest BCUT2D eigenvalue weighted by atomic mass is 9.99. The van der Waals surface area contributed by atoms with Gasteiger partial charge in [-0.3, -0.25) is 19.7 Å². The molecule has 1 atom stereocenters. The maximum Gasteiger partial charge on any atom is 0.430 e. The minimum atomic E-state index is -0.638. The van der Waals surface area contributed by atoms with Crippen LogP contribution in [0.3, 0.4) is 0 Å². The molecule has 1 unspecified atom stereocenters. The van der Waals surface area contributed by atoms with Gasteiger partial charge in [0.2, 0.25) is 5.91 Å². The predicted molar refractivity (Wildman–Crippen MR) is 158 cm³/mol. The number of aliphatic hydroxyl groups is 1. The summed E-state index contributed by atoms with van der Waals surface area (Å²) in [4.78, 5) is 34.0. The Kier molecular flexibility index (Phi) is 8.94. The first-order valence-electron chi connectivity index (χ1n) is 14.0. The Morgan fingerprint density at radius 3 is 2.51 bits per heavy atom. The number of carbonyl (C=O) groups excluding carboxylic acids is 2. The van der Waals surface area contributed by atoms with Crippen molar-refractivity contribution in [3.8, 4) is 11.3 Å².